The second-order valence-corrected chi connectivity index (χ2v) is 6.06. The SMILES string of the molecule is C=C(C)[C@@]1(O)C[C@@]2(C)C(=CC1=O)CCC[C@@H]2C. The average Bonchev–Trinajstić information content (AvgIpc) is 2.23. The summed E-state index contributed by atoms with van der Waals surface area (Å²) >= 11 is 0. The molecule has 2 heteroatoms. The first-order valence-corrected chi connectivity index (χ1v) is 6.44. The second-order valence-electron chi connectivity index (χ2n) is 6.06. The molecular formula is C15H22O2. The molecule has 1 fully saturated rings. The van der Waals surface area contributed by atoms with Crippen LogP contribution in [-0.4, -0.2) is 16.5 Å². The molecule has 0 amide bonds. The van der Waals surface area contributed by atoms with Gasteiger partial charge in [0.2, 0.25) is 0 Å². The number of fused-ring (bicyclic) bond motifs is 1. The molecule has 0 heterocycles. The molecule has 0 spiro atoms. The third-order valence-corrected chi connectivity index (χ3v) is 4.95. The predicted octanol–water partition coefficient (Wildman–Crippen LogP) is 3.02. The monoisotopic (exact) mass is 234 g/mol. The van der Waals surface area contributed by atoms with Crippen molar-refractivity contribution >= 4 is 5.78 Å². The van der Waals surface area contributed by atoms with Crippen molar-refractivity contribution in [3.8, 4) is 0 Å². The molecule has 0 unspecified atom stereocenters. The Labute approximate surface area is 103 Å². The van der Waals surface area contributed by atoms with Crippen molar-refractivity contribution in [2.75, 3.05) is 0 Å². The van der Waals surface area contributed by atoms with Crippen LogP contribution in [0.25, 0.3) is 0 Å². The van der Waals surface area contributed by atoms with Crippen LogP contribution in [0.3, 0.4) is 0 Å². The first kappa shape index (κ1) is 12.6. The van der Waals surface area contributed by atoms with Crippen LogP contribution in [0.1, 0.15) is 46.5 Å². The minimum Gasteiger partial charge on any atom is -0.377 e. The molecule has 2 rings (SSSR count). The normalized spacial score (nSPS) is 41.8. The number of ketones is 1. The summed E-state index contributed by atoms with van der Waals surface area (Å²) in [5, 5.41) is 10.5. The fourth-order valence-corrected chi connectivity index (χ4v) is 3.30. The third-order valence-electron chi connectivity index (χ3n) is 4.95. The minimum atomic E-state index is -1.34. The van der Waals surface area contributed by atoms with Gasteiger partial charge in [-0.05, 0) is 55.6 Å². The van der Waals surface area contributed by atoms with Gasteiger partial charge in [0.05, 0.1) is 0 Å². The maximum Gasteiger partial charge on any atom is 0.191 e. The molecule has 17 heavy (non-hydrogen) atoms. The molecule has 2 aliphatic rings. The summed E-state index contributed by atoms with van der Waals surface area (Å²) in [7, 11) is 0. The molecule has 0 saturated heterocycles. The maximum atomic E-state index is 12.1. The molecule has 3 atom stereocenters. The van der Waals surface area contributed by atoms with Gasteiger partial charge in [0.1, 0.15) is 5.60 Å². The van der Waals surface area contributed by atoms with E-state index in [1.807, 2.05) is 0 Å². The van der Waals surface area contributed by atoms with Gasteiger partial charge in [0.25, 0.3) is 0 Å². The maximum absolute atomic E-state index is 12.1. The molecule has 0 radical (unpaired) electrons. The van der Waals surface area contributed by atoms with Crippen molar-refractivity contribution in [2.45, 2.75) is 52.1 Å². The van der Waals surface area contributed by atoms with Crippen LogP contribution in [0.5, 0.6) is 0 Å². The Morgan fingerprint density at radius 2 is 2.24 bits per heavy atom. The summed E-state index contributed by atoms with van der Waals surface area (Å²) in [5.41, 5.74) is 0.410. The summed E-state index contributed by atoms with van der Waals surface area (Å²) in [4.78, 5) is 12.1. The number of carbonyl (C=O) groups excluding carboxylic acids is 1. The van der Waals surface area contributed by atoms with Gasteiger partial charge >= 0.3 is 0 Å². The minimum absolute atomic E-state index is 0.0418. The lowest BCUT2D eigenvalue weighted by Crippen LogP contribution is -2.50. The Hall–Kier alpha value is -0.890. The lowest BCUT2D eigenvalue weighted by molar-refractivity contribution is -0.134. The van der Waals surface area contributed by atoms with E-state index in [1.54, 1.807) is 13.0 Å². The molecule has 2 aliphatic carbocycles. The molecular weight excluding hydrogens is 212 g/mol. The summed E-state index contributed by atoms with van der Waals surface area (Å²) in [6, 6.07) is 0. The highest BCUT2D eigenvalue weighted by molar-refractivity contribution is 6.01. The summed E-state index contributed by atoms with van der Waals surface area (Å²) < 4.78 is 0. The van der Waals surface area contributed by atoms with Crippen molar-refractivity contribution in [3.05, 3.63) is 23.8 Å². The van der Waals surface area contributed by atoms with Crippen molar-refractivity contribution < 1.29 is 9.90 Å². The largest absolute Gasteiger partial charge is 0.377 e. The summed E-state index contributed by atoms with van der Waals surface area (Å²) in [5.74, 6) is 0.341. The highest BCUT2D eigenvalue weighted by Crippen LogP contribution is 2.53. The number of hydrogen-bond acceptors (Lipinski definition) is 2. The van der Waals surface area contributed by atoms with Crippen LogP contribution in [0.2, 0.25) is 0 Å². The van der Waals surface area contributed by atoms with Gasteiger partial charge in [0, 0.05) is 0 Å². The Morgan fingerprint density at radius 1 is 1.59 bits per heavy atom. The smallest absolute Gasteiger partial charge is 0.191 e. The van der Waals surface area contributed by atoms with E-state index in [0.717, 1.165) is 12.8 Å². The lowest BCUT2D eigenvalue weighted by atomic mass is 9.56. The quantitative estimate of drug-likeness (QED) is 0.708. The zero-order chi connectivity index (χ0) is 12.8. The fraction of sp³-hybridized carbons (Fsp3) is 0.667. The Kier molecular flexibility index (Phi) is 2.81. The van der Waals surface area contributed by atoms with Crippen LogP contribution in [0.15, 0.2) is 23.8 Å². The van der Waals surface area contributed by atoms with Crippen LogP contribution >= 0.6 is 0 Å². The standard InChI is InChI=1S/C15H22O2/c1-10(2)15(17)9-14(4)11(3)6-5-7-12(14)8-13(15)16/h8,11,17H,1,5-7,9H2,2-4H3/t11-,14+,15-/m0/s1. The van der Waals surface area contributed by atoms with Crippen molar-refractivity contribution in [1.82, 2.24) is 0 Å². The highest BCUT2D eigenvalue weighted by atomic mass is 16.3. The molecule has 2 nitrogen and oxygen atoms in total. The molecule has 94 valence electrons. The van der Waals surface area contributed by atoms with Gasteiger partial charge in [-0.3, -0.25) is 4.79 Å². The molecule has 0 aromatic heterocycles. The van der Waals surface area contributed by atoms with Gasteiger partial charge in [-0.25, -0.2) is 0 Å². The molecule has 1 N–H and O–H groups in total. The van der Waals surface area contributed by atoms with E-state index >= 15 is 0 Å². The van der Waals surface area contributed by atoms with E-state index in [1.165, 1.54) is 12.0 Å². The molecule has 0 aromatic carbocycles. The van der Waals surface area contributed by atoms with Crippen molar-refractivity contribution in [1.29, 1.82) is 0 Å². The predicted molar refractivity (Wildman–Crippen MR) is 68.6 cm³/mol. The zero-order valence-electron chi connectivity index (χ0n) is 11.0. The van der Waals surface area contributed by atoms with Gasteiger partial charge < -0.3 is 5.11 Å². The Balaban J connectivity index is 2.48. The second kappa shape index (κ2) is 3.81. The number of rotatable bonds is 1. The number of carbonyl (C=O) groups is 1. The fourth-order valence-electron chi connectivity index (χ4n) is 3.30. The lowest BCUT2D eigenvalue weighted by Gasteiger charge is -2.49. The molecule has 0 bridgehead atoms. The van der Waals surface area contributed by atoms with Crippen LogP contribution in [-0.2, 0) is 4.79 Å². The number of aliphatic hydroxyl groups is 1. The van der Waals surface area contributed by atoms with E-state index in [4.69, 9.17) is 0 Å². The third kappa shape index (κ3) is 1.70. The van der Waals surface area contributed by atoms with E-state index in [9.17, 15) is 9.90 Å². The van der Waals surface area contributed by atoms with Gasteiger partial charge in [-0.15, -0.1) is 0 Å². The van der Waals surface area contributed by atoms with Gasteiger partial charge in [0.15, 0.2) is 5.78 Å². The van der Waals surface area contributed by atoms with Crippen LogP contribution in [0, 0.1) is 11.3 Å². The number of hydrogen-bond donors (Lipinski definition) is 1. The first-order chi connectivity index (χ1) is 7.80. The van der Waals surface area contributed by atoms with Crippen LogP contribution in [0.4, 0.5) is 0 Å². The molecule has 1 saturated carbocycles. The van der Waals surface area contributed by atoms with Crippen molar-refractivity contribution in [2.24, 2.45) is 11.3 Å². The van der Waals surface area contributed by atoms with E-state index in [2.05, 4.69) is 20.4 Å². The van der Waals surface area contributed by atoms with Crippen LogP contribution < -0.4 is 0 Å². The van der Waals surface area contributed by atoms with Gasteiger partial charge in [-0.1, -0.05) is 26.0 Å². The van der Waals surface area contributed by atoms with E-state index in [0.29, 0.717) is 17.9 Å². The van der Waals surface area contributed by atoms with E-state index in [-0.39, 0.29) is 11.2 Å². The topological polar surface area (TPSA) is 37.3 Å². The summed E-state index contributed by atoms with van der Waals surface area (Å²) in [6.07, 6.45) is 5.52. The molecule has 0 aliphatic heterocycles. The van der Waals surface area contributed by atoms with Gasteiger partial charge in [-0.2, -0.15) is 0 Å². The Morgan fingerprint density at radius 3 is 2.82 bits per heavy atom. The average molecular weight is 234 g/mol. The van der Waals surface area contributed by atoms with E-state index < -0.39 is 5.60 Å². The summed E-state index contributed by atoms with van der Waals surface area (Å²) in [6.45, 7) is 9.95. The Bertz CT molecular complexity index is 407. The molecule has 0 aromatic rings. The number of allylic oxidation sites excluding steroid dienone is 1. The highest BCUT2D eigenvalue weighted by Gasteiger charge is 2.51. The van der Waals surface area contributed by atoms with Crippen molar-refractivity contribution in [3.63, 3.8) is 0 Å². The first-order valence-electron chi connectivity index (χ1n) is 6.44. The zero-order valence-corrected chi connectivity index (χ0v) is 11.0.